The second-order valence-corrected chi connectivity index (χ2v) is 9.83. The zero-order chi connectivity index (χ0) is 21.7. The van der Waals surface area contributed by atoms with E-state index in [9.17, 15) is 13.2 Å². The molecule has 0 saturated carbocycles. The summed E-state index contributed by atoms with van der Waals surface area (Å²) in [6.07, 6.45) is 3.75. The van der Waals surface area contributed by atoms with Crippen LogP contribution >= 0.6 is 0 Å². The van der Waals surface area contributed by atoms with Gasteiger partial charge in [-0.05, 0) is 63.2 Å². The van der Waals surface area contributed by atoms with Crippen molar-refractivity contribution in [3.8, 4) is 5.75 Å². The summed E-state index contributed by atoms with van der Waals surface area (Å²) >= 11 is 0. The number of ether oxygens (including phenoxy) is 1. The SMILES string of the molecule is O=C(NCCCN1CCCCC1)[C@H]1CN(S(=O)(=O)c2ccccc2)c2ccccc2O1. The van der Waals surface area contributed by atoms with E-state index in [1.807, 2.05) is 0 Å². The Balaban J connectivity index is 1.43. The second kappa shape index (κ2) is 9.70. The third kappa shape index (κ3) is 5.02. The number of piperidine rings is 1. The van der Waals surface area contributed by atoms with E-state index in [4.69, 9.17) is 4.74 Å². The van der Waals surface area contributed by atoms with Crippen LogP contribution in [-0.2, 0) is 14.8 Å². The van der Waals surface area contributed by atoms with Crippen LogP contribution in [0.15, 0.2) is 59.5 Å². The van der Waals surface area contributed by atoms with Crippen molar-refractivity contribution >= 4 is 21.6 Å². The summed E-state index contributed by atoms with van der Waals surface area (Å²) in [4.78, 5) is 15.4. The van der Waals surface area contributed by atoms with Gasteiger partial charge in [-0.3, -0.25) is 9.10 Å². The number of carbonyl (C=O) groups is 1. The largest absolute Gasteiger partial charge is 0.476 e. The summed E-state index contributed by atoms with van der Waals surface area (Å²) in [5.41, 5.74) is 0.445. The minimum absolute atomic E-state index is 0.0633. The molecule has 1 saturated heterocycles. The van der Waals surface area contributed by atoms with Gasteiger partial charge in [-0.25, -0.2) is 8.42 Å². The molecule has 31 heavy (non-hydrogen) atoms. The fourth-order valence-electron chi connectivity index (χ4n) is 4.10. The Hall–Kier alpha value is -2.58. The number of amides is 1. The van der Waals surface area contributed by atoms with Crippen molar-refractivity contribution in [1.29, 1.82) is 0 Å². The molecule has 4 rings (SSSR count). The van der Waals surface area contributed by atoms with Gasteiger partial charge in [0.25, 0.3) is 15.9 Å². The molecule has 7 nitrogen and oxygen atoms in total. The van der Waals surface area contributed by atoms with Gasteiger partial charge in [0.1, 0.15) is 5.75 Å². The molecule has 2 aliphatic rings. The van der Waals surface area contributed by atoms with E-state index >= 15 is 0 Å². The van der Waals surface area contributed by atoms with E-state index < -0.39 is 16.1 Å². The number of fused-ring (bicyclic) bond motifs is 1. The predicted octanol–water partition coefficient (Wildman–Crippen LogP) is 2.64. The van der Waals surface area contributed by atoms with E-state index in [2.05, 4.69) is 10.2 Å². The molecule has 1 amide bonds. The number of nitrogens with one attached hydrogen (secondary N) is 1. The Bertz CT molecular complexity index is 991. The Morgan fingerprint density at radius 1 is 1.00 bits per heavy atom. The number of benzene rings is 2. The second-order valence-electron chi connectivity index (χ2n) is 7.97. The molecule has 0 bridgehead atoms. The molecule has 0 spiro atoms. The van der Waals surface area contributed by atoms with Gasteiger partial charge in [-0.2, -0.15) is 0 Å². The van der Waals surface area contributed by atoms with Crippen LogP contribution in [0.3, 0.4) is 0 Å². The first-order valence-corrected chi connectivity index (χ1v) is 12.3. The van der Waals surface area contributed by atoms with E-state index in [-0.39, 0.29) is 17.3 Å². The highest BCUT2D eigenvalue weighted by atomic mass is 32.2. The van der Waals surface area contributed by atoms with E-state index in [0.29, 0.717) is 18.0 Å². The molecule has 2 heterocycles. The lowest BCUT2D eigenvalue weighted by Crippen LogP contribution is -2.51. The van der Waals surface area contributed by atoms with Crippen molar-refractivity contribution in [1.82, 2.24) is 10.2 Å². The van der Waals surface area contributed by atoms with Crippen LogP contribution in [0.4, 0.5) is 5.69 Å². The fraction of sp³-hybridized carbons (Fsp3) is 0.435. The average Bonchev–Trinajstić information content (AvgIpc) is 2.82. The molecule has 0 aromatic heterocycles. The van der Waals surface area contributed by atoms with Crippen molar-refractivity contribution in [3.63, 3.8) is 0 Å². The smallest absolute Gasteiger partial charge is 0.264 e. The molecule has 0 radical (unpaired) electrons. The fourth-order valence-corrected chi connectivity index (χ4v) is 5.59. The lowest BCUT2D eigenvalue weighted by atomic mass is 10.1. The Kier molecular flexibility index (Phi) is 6.77. The van der Waals surface area contributed by atoms with Gasteiger partial charge in [-0.1, -0.05) is 36.8 Å². The van der Waals surface area contributed by atoms with E-state index in [1.165, 1.54) is 23.6 Å². The minimum Gasteiger partial charge on any atom is -0.476 e. The molecular formula is C23H29N3O4S. The summed E-state index contributed by atoms with van der Waals surface area (Å²) in [6.45, 7) is 3.70. The highest BCUT2D eigenvalue weighted by Gasteiger charge is 2.37. The molecule has 0 aliphatic carbocycles. The van der Waals surface area contributed by atoms with Crippen LogP contribution in [0.1, 0.15) is 25.7 Å². The monoisotopic (exact) mass is 443 g/mol. The highest BCUT2D eigenvalue weighted by Crippen LogP contribution is 2.36. The maximum Gasteiger partial charge on any atom is 0.264 e. The van der Waals surface area contributed by atoms with Crippen LogP contribution in [-0.4, -0.2) is 58.1 Å². The first kappa shape index (κ1) is 21.6. The topological polar surface area (TPSA) is 79.0 Å². The lowest BCUT2D eigenvalue weighted by Gasteiger charge is -2.34. The van der Waals surface area contributed by atoms with Gasteiger partial charge < -0.3 is 15.0 Å². The molecule has 2 aromatic rings. The number of nitrogens with zero attached hydrogens (tertiary/aromatic N) is 2. The molecule has 166 valence electrons. The molecular weight excluding hydrogens is 414 g/mol. The Morgan fingerprint density at radius 2 is 1.71 bits per heavy atom. The number of hydrogen-bond donors (Lipinski definition) is 1. The van der Waals surface area contributed by atoms with Crippen LogP contribution in [0.5, 0.6) is 5.75 Å². The zero-order valence-electron chi connectivity index (χ0n) is 17.6. The van der Waals surface area contributed by atoms with Gasteiger partial charge in [0.15, 0.2) is 6.10 Å². The molecule has 8 heteroatoms. The first-order valence-electron chi connectivity index (χ1n) is 10.9. The maximum absolute atomic E-state index is 13.3. The first-order chi connectivity index (χ1) is 15.1. The van der Waals surface area contributed by atoms with Crippen molar-refractivity contribution in [3.05, 3.63) is 54.6 Å². The van der Waals surface area contributed by atoms with Gasteiger partial charge >= 0.3 is 0 Å². The number of carbonyl (C=O) groups excluding carboxylic acids is 1. The third-order valence-corrected chi connectivity index (χ3v) is 7.55. The summed E-state index contributed by atoms with van der Waals surface area (Å²) in [7, 11) is -3.81. The quantitative estimate of drug-likeness (QED) is 0.666. The van der Waals surface area contributed by atoms with E-state index in [0.717, 1.165) is 26.1 Å². The summed E-state index contributed by atoms with van der Waals surface area (Å²) in [5.74, 6) is 0.100. The predicted molar refractivity (Wildman–Crippen MR) is 120 cm³/mol. The van der Waals surface area contributed by atoms with Crippen LogP contribution in [0, 0.1) is 0 Å². The molecule has 1 N–H and O–H groups in total. The number of sulfonamides is 1. The normalized spacial score (nSPS) is 19.4. The van der Waals surface area contributed by atoms with Crippen LogP contribution < -0.4 is 14.4 Å². The van der Waals surface area contributed by atoms with Gasteiger partial charge in [-0.15, -0.1) is 0 Å². The van der Waals surface area contributed by atoms with Crippen molar-refractivity contribution in [2.45, 2.75) is 36.7 Å². The average molecular weight is 444 g/mol. The summed E-state index contributed by atoms with van der Waals surface area (Å²) in [5, 5.41) is 2.92. The van der Waals surface area contributed by atoms with Gasteiger partial charge in [0.05, 0.1) is 17.1 Å². The van der Waals surface area contributed by atoms with Gasteiger partial charge in [0, 0.05) is 6.54 Å². The van der Waals surface area contributed by atoms with Crippen molar-refractivity contribution < 1.29 is 17.9 Å². The molecule has 2 aromatic carbocycles. The number of hydrogen-bond acceptors (Lipinski definition) is 5. The van der Waals surface area contributed by atoms with Crippen molar-refractivity contribution in [2.75, 3.05) is 37.0 Å². The van der Waals surface area contributed by atoms with Crippen LogP contribution in [0.25, 0.3) is 0 Å². The number of likely N-dealkylation sites (tertiary alicyclic amines) is 1. The molecule has 1 atom stereocenters. The standard InChI is InChI=1S/C23H29N3O4S/c27-23(24-14-9-17-25-15-7-2-8-16-25)22-18-26(20-12-5-6-13-21(20)30-22)31(28,29)19-10-3-1-4-11-19/h1,3-6,10-13,22H,2,7-9,14-18H2,(H,24,27)/t22-/m1/s1. The van der Waals surface area contributed by atoms with Crippen LogP contribution in [0.2, 0.25) is 0 Å². The van der Waals surface area contributed by atoms with E-state index in [1.54, 1.807) is 54.6 Å². The Labute approximate surface area is 184 Å². The lowest BCUT2D eigenvalue weighted by molar-refractivity contribution is -0.127. The Morgan fingerprint density at radius 3 is 2.48 bits per heavy atom. The minimum atomic E-state index is -3.81. The zero-order valence-corrected chi connectivity index (χ0v) is 18.4. The van der Waals surface area contributed by atoms with Gasteiger partial charge in [0.2, 0.25) is 0 Å². The molecule has 2 aliphatic heterocycles. The summed E-state index contributed by atoms with van der Waals surface area (Å²) < 4.78 is 33.7. The third-order valence-electron chi connectivity index (χ3n) is 5.76. The molecule has 1 fully saturated rings. The van der Waals surface area contributed by atoms with Crippen molar-refractivity contribution in [2.24, 2.45) is 0 Å². The number of para-hydroxylation sites is 2. The summed E-state index contributed by atoms with van der Waals surface area (Å²) in [6, 6.07) is 15.2. The number of anilines is 1. The maximum atomic E-state index is 13.3. The molecule has 0 unspecified atom stereocenters. The highest BCUT2D eigenvalue weighted by molar-refractivity contribution is 7.92. The number of rotatable bonds is 7.